The lowest BCUT2D eigenvalue weighted by Crippen LogP contribution is -2.18. The molecule has 1 aromatic heterocycles. The fourth-order valence-electron chi connectivity index (χ4n) is 0.447. The van der Waals surface area contributed by atoms with Crippen LogP contribution >= 0.6 is 0 Å². The van der Waals surface area contributed by atoms with Crippen molar-refractivity contribution >= 4 is 0 Å². The zero-order valence-electron chi connectivity index (χ0n) is 5.40. The van der Waals surface area contributed by atoms with Crippen LogP contribution in [0.4, 0.5) is 0 Å². The van der Waals surface area contributed by atoms with Crippen molar-refractivity contribution in [1.29, 1.82) is 0 Å². The van der Waals surface area contributed by atoms with Gasteiger partial charge in [-0.3, -0.25) is 0 Å². The highest BCUT2D eigenvalue weighted by molar-refractivity contribution is 5.12. The summed E-state index contributed by atoms with van der Waals surface area (Å²) >= 11 is 0. The van der Waals surface area contributed by atoms with Crippen LogP contribution in [0.1, 0.15) is 12.8 Å². The fraction of sp³-hybridized carbons (Fsp3) is 0.333. The molecule has 10 heavy (non-hydrogen) atoms. The molecule has 0 bridgehead atoms. The number of hydrogen-bond donors (Lipinski definition) is 1. The standard InChI is InChI=1S/C6H6N2O2/c1-3-6(2,9)5-8-7-4-10-5/h1,4,9H,2H3. The summed E-state index contributed by atoms with van der Waals surface area (Å²) in [6.45, 7) is 1.40. The normalized spacial score (nSPS) is 15.7. The molecule has 0 aliphatic carbocycles. The van der Waals surface area contributed by atoms with E-state index in [1.54, 1.807) is 0 Å². The third-order valence-electron chi connectivity index (χ3n) is 1.06. The van der Waals surface area contributed by atoms with Gasteiger partial charge in [0.15, 0.2) is 0 Å². The first-order valence-corrected chi connectivity index (χ1v) is 2.63. The predicted molar refractivity (Wildman–Crippen MR) is 32.7 cm³/mol. The lowest BCUT2D eigenvalue weighted by Gasteiger charge is -2.08. The van der Waals surface area contributed by atoms with E-state index in [1.807, 2.05) is 0 Å². The maximum absolute atomic E-state index is 9.25. The molecule has 0 aromatic carbocycles. The number of aliphatic hydroxyl groups is 1. The average Bonchev–Trinajstić information content (AvgIpc) is 2.38. The molecule has 1 N–H and O–H groups in total. The van der Waals surface area contributed by atoms with Crippen LogP contribution in [0.15, 0.2) is 10.8 Å². The smallest absolute Gasteiger partial charge is 0.260 e. The summed E-state index contributed by atoms with van der Waals surface area (Å²) in [5.74, 6) is 2.14. The summed E-state index contributed by atoms with van der Waals surface area (Å²) in [6, 6.07) is 0. The SMILES string of the molecule is C#CC(C)(O)c1nnco1. The van der Waals surface area contributed by atoms with Crippen LogP contribution in [0.25, 0.3) is 0 Å². The maximum atomic E-state index is 9.25. The van der Waals surface area contributed by atoms with Gasteiger partial charge in [-0.15, -0.1) is 16.6 Å². The number of hydrogen-bond acceptors (Lipinski definition) is 4. The summed E-state index contributed by atoms with van der Waals surface area (Å²) in [4.78, 5) is 0. The highest BCUT2D eigenvalue weighted by Crippen LogP contribution is 2.14. The van der Waals surface area contributed by atoms with Gasteiger partial charge in [0.25, 0.3) is 5.89 Å². The molecule has 0 fully saturated rings. The van der Waals surface area contributed by atoms with Gasteiger partial charge < -0.3 is 9.52 Å². The van der Waals surface area contributed by atoms with Crippen LogP contribution in [-0.2, 0) is 5.60 Å². The van der Waals surface area contributed by atoms with Gasteiger partial charge in [0.05, 0.1) is 0 Å². The van der Waals surface area contributed by atoms with Gasteiger partial charge in [-0.2, -0.15) is 0 Å². The third kappa shape index (κ3) is 0.993. The summed E-state index contributed by atoms with van der Waals surface area (Å²) < 4.78 is 4.67. The molecule has 4 heteroatoms. The number of aromatic nitrogens is 2. The topological polar surface area (TPSA) is 59.2 Å². The molecular weight excluding hydrogens is 132 g/mol. The molecule has 1 aromatic rings. The van der Waals surface area contributed by atoms with E-state index >= 15 is 0 Å². The van der Waals surface area contributed by atoms with E-state index in [2.05, 4.69) is 20.5 Å². The molecule has 4 nitrogen and oxygen atoms in total. The quantitative estimate of drug-likeness (QED) is 0.551. The molecule has 0 saturated carbocycles. The molecular formula is C6H6N2O2. The van der Waals surface area contributed by atoms with Crippen molar-refractivity contribution in [2.24, 2.45) is 0 Å². The van der Waals surface area contributed by atoms with E-state index < -0.39 is 5.60 Å². The number of terminal acetylenes is 1. The van der Waals surface area contributed by atoms with E-state index in [-0.39, 0.29) is 5.89 Å². The van der Waals surface area contributed by atoms with Gasteiger partial charge in [0, 0.05) is 0 Å². The molecule has 1 heterocycles. The third-order valence-corrected chi connectivity index (χ3v) is 1.06. The highest BCUT2D eigenvalue weighted by atomic mass is 16.4. The Labute approximate surface area is 57.9 Å². The second-order valence-corrected chi connectivity index (χ2v) is 1.96. The van der Waals surface area contributed by atoms with E-state index in [1.165, 1.54) is 6.92 Å². The van der Waals surface area contributed by atoms with Crippen LogP contribution in [0, 0.1) is 12.3 Å². The van der Waals surface area contributed by atoms with Crippen molar-refractivity contribution in [2.45, 2.75) is 12.5 Å². The zero-order chi connectivity index (χ0) is 7.61. The van der Waals surface area contributed by atoms with Crippen molar-refractivity contribution in [3.8, 4) is 12.3 Å². The molecule has 1 unspecified atom stereocenters. The summed E-state index contributed by atoms with van der Waals surface area (Å²) in [6.07, 6.45) is 6.08. The minimum absolute atomic E-state index is 0.0370. The molecule has 0 aliphatic rings. The minimum atomic E-state index is -1.45. The lowest BCUT2D eigenvalue weighted by molar-refractivity contribution is 0.0893. The Morgan fingerprint density at radius 3 is 3.00 bits per heavy atom. The van der Waals surface area contributed by atoms with Crippen molar-refractivity contribution in [1.82, 2.24) is 10.2 Å². The van der Waals surface area contributed by atoms with E-state index in [9.17, 15) is 5.11 Å². The number of rotatable bonds is 1. The summed E-state index contributed by atoms with van der Waals surface area (Å²) in [5, 5.41) is 16.1. The molecule has 0 radical (unpaired) electrons. The Kier molecular flexibility index (Phi) is 1.44. The molecule has 1 atom stereocenters. The predicted octanol–water partition coefficient (Wildman–Crippen LogP) is -0.0897. The van der Waals surface area contributed by atoms with Crippen molar-refractivity contribution in [2.75, 3.05) is 0 Å². The Balaban J connectivity index is 2.99. The lowest BCUT2D eigenvalue weighted by atomic mass is 10.1. The van der Waals surface area contributed by atoms with Crippen LogP contribution < -0.4 is 0 Å². The Morgan fingerprint density at radius 2 is 2.60 bits per heavy atom. The first-order valence-electron chi connectivity index (χ1n) is 2.63. The first kappa shape index (κ1) is 6.78. The van der Waals surface area contributed by atoms with Crippen LogP contribution in [0.2, 0.25) is 0 Å². The molecule has 0 spiro atoms. The van der Waals surface area contributed by atoms with Crippen molar-refractivity contribution in [3.05, 3.63) is 12.3 Å². The van der Waals surface area contributed by atoms with Gasteiger partial charge in [-0.25, -0.2) is 0 Å². The average molecular weight is 138 g/mol. The highest BCUT2D eigenvalue weighted by Gasteiger charge is 2.25. The van der Waals surface area contributed by atoms with Crippen molar-refractivity contribution in [3.63, 3.8) is 0 Å². The van der Waals surface area contributed by atoms with E-state index in [0.29, 0.717) is 0 Å². The monoisotopic (exact) mass is 138 g/mol. The molecule has 1 rings (SSSR count). The zero-order valence-corrected chi connectivity index (χ0v) is 5.40. The molecule has 0 amide bonds. The summed E-state index contributed by atoms with van der Waals surface area (Å²) in [5.41, 5.74) is -1.45. The Hall–Kier alpha value is -1.34. The largest absolute Gasteiger partial charge is 0.424 e. The fourth-order valence-corrected chi connectivity index (χ4v) is 0.447. The van der Waals surface area contributed by atoms with Crippen molar-refractivity contribution < 1.29 is 9.52 Å². The maximum Gasteiger partial charge on any atom is 0.260 e. The van der Waals surface area contributed by atoms with Gasteiger partial charge in [0.2, 0.25) is 12.0 Å². The Morgan fingerprint density at radius 1 is 1.90 bits per heavy atom. The van der Waals surface area contributed by atoms with E-state index in [4.69, 9.17) is 6.42 Å². The molecule has 0 aliphatic heterocycles. The van der Waals surface area contributed by atoms with E-state index in [0.717, 1.165) is 6.39 Å². The molecule has 52 valence electrons. The van der Waals surface area contributed by atoms with Gasteiger partial charge in [0.1, 0.15) is 0 Å². The second-order valence-electron chi connectivity index (χ2n) is 1.96. The first-order chi connectivity index (χ1) is 4.67. The van der Waals surface area contributed by atoms with Gasteiger partial charge in [-0.05, 0) is 6.92 Å². The second kappa shape index (κ2) is 2.12. The van der Waals surface area contributed by atoms with Crippen LogP contribution in [-0.4, -0.2) is 15.3 Å². The van der Waals surface area contributed by atoms with Crippen LogP contribution in [0.5, 0.6) is 0 Å². The Bertz CT molecular complexity index is 245. The number of nitrogens with zero attached hydrogens (tertiary/aromatic N) is 2. The minimum Gasteiger partial charge on any atom is -0.424 e. The van der Waals surface area contributed by atoms with Gasteiger partial charge in [-0.1, -0.05) is 5.92 Å². The van der Waals surface area contributed by atoms with Crippen LogP contribution in [0.3, 0.4) is 0 Å². The summed E-state index contributed by atoms with van der Waals surface area (Å²) in [7, 11) is 0. The molecule has 0 saturated heterocycles. The van der Waals surface area contributed by atoms with Gasteiger partial charge >= 0.3 is 0 Å².